The summed E-state index contributed by atoms with van der Waals surface area (Å²) in [5.74, 6) is 0. The summed E-state index contributed by atoms with van der Waals surface area (Å²) in [6.07, 6.45) is -69.4. The molecule has 7 heterocycles. The van der Waals surface area contributed by atoms with Crippen LogP contribution in [-0.4, -0.2) is 390 Å². The van der Waals surface area contributed by atoms with Gasteiger partial charge in [-0.15, -0.1) is 0 Å². The number of nitrogens with two attached hydrogens (primary N) is 1. The number of rotatable bonds is 19. The van der Waals surface area contributed by atoms with E-state index in [1.165, 1.54) is 5.48 Å². The molecular formula is C43H76N2O38. The highest BCUT2D eigenvalue weighted by Crippen LogP contribution is 2.37. The lowest BCUT2D eigenvalue weighted by Gasteiger charge is -2.50. The minimum Gasteiger partial charge on any atom is -0.394 e. The molecule has 0 bridgehead atoms. The van der Waals surface area contributed by atoms with E-state index in [1.807, 2.05) is 0 Å². The van der Waals surface area contributed by atoms with Gasteiger partial charge >= 0.3 is 6.03 Å². The Kier molecular flexibility index (Phi) is 25.9. The summed E-state index contributed by atoms with van der Waals surface area (Å²) < 4.78 is 72.0. The topological polar surface area (TPSA) is 661 Å². The number of aliphatic hydroxyl groups excluding tert-OH is 23. The summed E-state index contributed by atoms with van der Waals surface area (Å²) in [5.41, 5.74) is 5.46. The fraction of sp³-hybridized carbons (Fsp3) is 0.977. The van der Waals surface area contributed by atoms with Crippen LogP contribution in [0.15, 0.2) is 0 Å². The van der Waals surface area contributed by atoms with Crippen molar-refractivity contribution in [2.75, 3.05) is 46.2 Å². The van der Waals surface area contributed by atoms with E-state index in [9.17, 15) is 122 Å². The number of amides is 2. The first-order chi connectivity index (χ1) is 39.2. The van der Waals surface area contributed by atoms with Gasteiger partial charge in [-0.2, -0.15) is 0 Å². The molecule has 0 aromatic heterocycles. The number of carbonyl (C=O) groups is 1. The van der Waals surface area contributed by atoms with Crippen molar-refractivity contribution >= 4 is 6.03 Å². The van der Waals surface area contributed by atoms with Crippen LogP contribution in [0.1, 0.15) is 0 Å². The lowest BCUT2D eigenvalue weighted by atomic mass is 9.95. The van der Waals surface area contributed by atoms with Crippen LogP contribution in [0.2, 0.25) is 0 Å². The molecule has 83 heavy (non-hydrogen) atoms. The normalized spacial score (nSPS) is 50.7. The predicted molar refractivity (Wildman–Crippen MR) is 246 cm³/mol. The highest BCUT2D eigenvalue weighted by Gasteiger charge is 2.58. The van der Waals surface area contributed by atoms with Gasteiger partial charge in [-0.05, 0) is 0 Å². The van der Waals surface area contributed by atoms with E-state index < -0.39 is 267 Å². The Morgan fingerprint density at radius 3 is 0.843 bits per heavy atom. The SMILES string of the molecule is NC(=O)NO.OC[C@H]1O[C@@H](OC[C@H]2O[C@@H](O)[C@H](O)[C@@H](O[C@@H]3O[C@H](CO)[C@@H](O)[C@H](O[C@@H]4O[C@H](CO)[C@@H](O)[C@H](O[C@@H]5O[C@H](CO[C@@H]6O[C@H](CO)[C@@H](O)[C@H](O)[C@H]6O)[C@@H](O)[C@H](O[C@@H]6O[C@H](CO)[C@@H](O)[C@H](O)[C@H]6O)[C@H]5O)[C@H]4O)[C@H]3O)[C@@H]2O)[C@H](O)[C@@H](O)[C@@H]1O. The third-order valence-corrected chi connectivity index (χ3v) is 14.6. The van der Waals surface area contributed by atoms with E-state index in [0.717, 1.165) is 0 Å². The zero-order valence-corrected chi connectivity index (χ0v) is 43.2. The molecule has 0 aromatic carbocycles. The molecule has 2 amide bonds. The molecular weight excluding hydrogens is 1150 g/mol. The lowest BCUT2D eigenvalue weighted by Crippen LogP contribution is -2.68. The highest BCUT2D eigenvalue weighted by molar-refractivity contribution is 5.69. The molecule has 7 aliphatic rings. The Labute approximate surface area is 467 Å². The molecule has 7 aliphatic heterocycles. The van der Waals surface area contributed by atoms with Gasteiger partial charge in [-0.3, -0.25) is 5.21 Å². The molecule has 40 nitrogen and oxygen atoms in total. The average molecular weight is 1230 g/mol. The van der Waals surface area contributed by atoms with Crippen LogP contribution in [0.3, 0.4) is 0 Å². The van der Waals surface area contributed by atoms with Crippen LogP contribution in [-0.2, 0) is 61.6 Å². The minimum atomic E-state index is -2.35. The molecule has 7 rings (SSSR count). The largest absolute Gasteiger partial charge is 0.394 e. The smallest absolute Gasteiger partial charge is 0.335 e. The zero-order chi connectivity index (χ0) is 61.6. The van der Waals surface area contributed by atoms with E-state index in [0.29, 0.717) is 0 Å². The molecule has 0 unspecified atom stereocenters. The van der Waals surface area contributed by atoms with Gasteiger partial charge in [0.2, 0.25) is 0 Å². The third kappa shape index (κ3) is 15.6. The molecule has 0 aliphatic carbocycles. The highest BCUT2D eigenvalue weighted by atomic mass is 16.8. The third-order valence-electron chi connectivity index (χ3n) is 14.6. The number of carbonyl (C=O) groups excluding carboxylic acids is 1. The summed E-state index contributed by atoms with van der Waals surface area (Å²) in [7, 11) is 0. The van der Waals surface area contributed by atoms with Crippen molar-refractivity contribution < 1.29 is 189 Å². The minimum absolute atomic E-state index is 0.810. The quantitative estimate of drug-likeness (QED) is 0.0422. The van der Waals surface area contributed by atoms with Crippen molar-refractivity contribution in [3.8, 4) is 0 Å². The Morgan fingerprint density at radius 2 is 0.542 bits per heavy atom. The number of urea groups is 1. The molecule has 0 radical (unpaired) electrons. The van der Waals surface area contributed by atoms with Crippen molar-refractivity contribution in [3.05, 3.63) is 0 Å². The van der Waals surface area contributed by atoms with Gasteiger partial charge in [0.1, 0.15) is 171 Å². The molecule has 7 saturated heterocycles. The first-order valence-electron chi connectivity index (χ1n) is 25.6. The van der Waals surface area contributed by atoms with Crippen molar-refractivity contribution in [3.63, 3.8) is 0 Å². The summed E-state index contributed by atoms with van der Waals surface area (Å²) in [6, 6.07) is -0.940. The van der Waals surface area contributed by atoms with Crippen molar-refractivity contribution in [1.29, 1.82) is 0 Å². The number of hydrogen-bond donors (Lipinski definition) is 26. The van der Waals surface area contributed by atoms with E-state index in [4.69, 9.17) is 66.8 Å². The maximum absolute atomic E-state index is 11.8. The lowest BCUT2D eigenvalue weighted by molar-refractivity contribution is -0.397. The molecule has 0 aromatic rings. The number of primary amides is 1. The van der Waals surface area contributed by atoms with E-state index in [2.05, 4.69) is 5.73 Å². The summed E-state index contributed by atoms with van der Waals surface area (Å²) in [6.45, 7) is -6.56. The molecule has 486 valence electrons. The van der Waals surface area contributed by atoms with Crippen LogP contribution in [0.4, 0.5) is 4.79 Å². The Morgan fingerprint density at radius 1 is 0.313 bits per heavy atom. The van der Waals surface area contributed by atoms with Crippen molar-refractivity contribution in [1.82, 2.24) is 5.48 Å². The van der Waals surface area contributed by atoms with Gasteiger partial charge < -0.3 is 185 Å². The standard InChI is InChI=1S/C42H72O36.CH4N2O2/c43-1-8-15(48)22(55)25(58)37(69-8)66-6-13-20(53)32(28(61)36(65)68-13)75-40-29(62)33(18(51)11(4-46)72-40)77-41-30(63)34(19(52)12(5-47)73-41)78-42-31(64)35(76-39-27(60)24(57)17(50)10(3-45)71-39)21(54)14(74-42)7-67-38-26(59)23(56)16(49)9(2-44)70-38;2-1(4)3-5/h8-65H,1-7H2;5H,(H3,2,3,4)/t8-,9-,10-,11-,12-,13-,14-,15-,16-,17-,18-,19-,20-,21-,22+,23+,24+,25-,26-,27-,28-,29-,30-,31-,32+,33+,34+,35+,36-,37-,38-,39+,40+,41+,42+;/m1./s1. The molecule has 35 atom stereocenters. The molecule has 40 heteroatoms. The van der Waals surface area contributed by atoms with Gasteiger partial charge in [0, 0.05) is 0 Å². The Balaban J connectivity index is 0.00000212. The average Bonchev–Trinajstić information content (AvgIpc) is 3.47. The molecule has 0 saturated carbocycles. The number of nitrogens with one attached hydrogen (secondary N) is 1. The monoisotopic (exact) mass is 1230 g/mol. The summed E-state index contributed by atoms with van der Waals surface area (Å²) in [5, 5.41) is 252. The zero-order valence-electron chi connectivity index (χ0n) is 43.2. The first-order valence-corrected chi connectivity index (χ1v) is 25.6. The second kappa shape index (κ2) is 30.8. The summed E-state index contributed by atoms with van der Waals surface area (Å²) >= 11 is 0. The number of aliphatic hydroxyl groups is 23. The predicted octanol–water partition coefficient (Wildman–Crippen LogP) is -17.2. The van der Waals surface area contributed by atoms with Gasteiger partial charge in [0.15, 0.2) is 44.0 Å². The maximum atomic E-state index is 11.8. The molecule has 27 N–H and O–H groups in total. The molecule has 0 spiro atoms. The van der Waals surface area contributed by atoms with Crippen LogP contribution < -0.4 is 11.2 Å². The molecule has 7 fully saturated rings. The van der Waals surface area contributed by atoms with E-state index in [-0.39, 0.29) is 0 Å². The first kappa shape index (κ1) is 69.9. The van der Waals surface area contributed by atoms with Gasteiger partial charge in [-0.1, -0.05) is 0 Å². The second-order valence-corrected chi connectivity index (χ2v) is 20.1. The second-order valence-electron chi connectivity index (χ2n) is 20.1. The van der Waals surface area contributed by atoms with Crippen LogP contribution in [0.25, 0.3) is 0 Å². The van der Waals surface area contributed by atoms with Crippen molar-refractivity contribution in [2.24, 2.45) is 5.73 Å². The fourth-order valence-electron chi connectivity index (χ4n) is 9.77. The van der Waals surface area contributed by atoms with Crippen LogP contribution in [0.5, 0.6) is 0 Å². The Bertz CT molecular complexity index is 1940. The maximum Gasteiger partial charge on any atom is 0.335 e. The van der Waals surface area contributed by atoms with E-state index in [1.54, 1.807) is 0 Å². The van der Waals surface area contributed by atoms with Crippen LogP contribution in [0, 0.1) is 0 Å². The van der Waals surface area contributed by atoms with Gasteiger partial charge in [-0.25, -0.2) is 10.3 Å². The number of hydrogen-bond acceptors (Lipinski definition) is 38. The van der Waals surface area contributed by atoms with Gasteiger partial charge in [0.25, 0.3) is 0 Å². The fourth-order valence-corrected chi connectivity index (χ4v) is 9.77. The van der Waals surface area contributed by atoms with Crippen molar-refractivity contribution in [2.45, 2.75) is 215 Å². The van der Waals surface area contributed by atoms with E-state index >= 15 is 0 Å². The Hall–Kier alpha value is -2.21. The van der Waals surface area contributed by atoms with Gasteiger partial charge in [0.05, 0.1) is 46.2 Å². The summed E-state index contributed by atoms with van der Waals surface area (Å²) in [4.78, 5) is 9.23. The number of ether oxygens (including phenoxy) is 13. The number of hydroxylamine groups is 1. The van der Waals surface area contributed by atoms with Crippen LogP contribution >= 0.6 is 0 Å².